The number of aliphatic hydroxyl groups excluding tert-OH is 1. The van der Waals surface area contributed by atoms with Crippen LogP contribution in [0.2, 0.25) is 0 Å². The van der Waals surface area contributed by atoms with Gasteiger partial charge in [-0.1, -0.05) is 25.1 Å². The lowest BCUT2D eigenvalue weighted by Gasteiger charge is -2.26. The summed E-state index contributed by atoms with van der Waals surface area (Å²) in [7, 11) is 0. The van der Waals surface area contributed by atoms with Gasteiger partial charge in [-0.15, -0.1) is 0 Å². The molecule has 0 bridgehead atoms. The van der Waals surface area contributed by atoms with E-state index in [2.05, 4.69) is 0 Å². The molecule has 0 spiro atoms. The second kappa shape index (κ2) is 4.98. The number of ether oxygens (including phenoxy) is 1. The minimum absolute atomic E-state index is 0.393. The quantitative estimate of drug-likeness (QED) is 0.702. The molecule has 0 fully saturated rings. The highest BCUT2D eigenvalue weighted by Gasteiger charge is 2.26. The highest BCUT2D eigenvalue weighted by molar-refractivity contribution is 5.21. The van der Waals surface area contributed by atoms with Crippen LogP contribution in [0.25, 0.3) is 0 Å². The summed E-state index contributed by atoms with van der Waals surface area (Å²) in [5, 5.41) is 18.8. The lowest BCUT2D eigenvalue weighted by Crippen LogP contribution is -2.39. The summed E-state index contributed by atoms with van der Waals surface area (Å²) in [6.07, 6.45) is 1.17. The maximum Gasteiger partial charge on any atom is 0.231 e. The minimum Gasteiger partial charge on any atom is -0.460 e. The van der Waals surface area contributed by atoms with Crippen molar-refractivity contribution in [3.63, 3.8) is 0 Å². The smallest absolute Gasteiger partial charge is 0.231 e. The number of rotatable bonds is 5. The topological polar surface area (TPSA) is 49.7 Å². The first-order valence-corrected chi connectivity index (χ1v) is 4.77. The standard InChI is InChI=1S/C11H16O3/c1-2-8-11(13,9-12)14-10-6-4-3-5-7-10/h3-7,12-13H,2,8-9H2,1H3. The Morgan fingerprint density at radius 2 is 1.93 bits per heavy atom. The number of para-hydroxylation sites is 1. The Bertz CT molecular complexity index is 260. The third-order valence-electron chi connectivity index (χ3n) is 1.94. The molecule has 1 atom stereocenters. The second-order valence-electron chi connectivity index (χ2n) is 3.27. The van der Waals surface area contributed by atoms with Crippen LogP contribution in [-0.2, 0) is 0 Å². The average molecular weight is 196 g/mol. The molecule has 0 aliphatic rings. The number of hydrogen-bond acceptors (Lipinski definition) is 3. The summed E-state index contributed by atoms with van der Waals surface area (Å²) >= 11 is 0. The molecule has 0 heterocycles. The summed E-state index contributed by atoms with van der Waals surface area (Å²) in [5.74, 6) is -0.881. The summed E-state index contributed by atoms with van der Waals surface area (Å²) in [5.41, 5.74) is 0. The Morgan fingerprint density at radius 3 is 2.43 bits per heavy atom. The Balaban J connectivity index is 2.65. The first kappa shape index (κ1) is 11.0. The van der Waals surface area contributed by atoms with E-state index in [0.29, 0.717) is 12.2 Å². The van der Waals surface area contributed by atoms with Crippen LogP contribution >= 0.6 is 0 Å². The lowest BCUT2D eigenvalue weighted by molar-refractivity contribution is -0.170. The van der Waals surface area contributed by atoms with Crippen molar-refractivity contribution < 1.29 is 14.9 Å². The maximum absolute atomic E-state index is 9.80. The molecule has 0 saturated carbocycles. The predicted octanol–water partition coefficient (Wildman–Crippen LogP) is 1.55. The molecule has 0 aliphatic carbocycles. The molecule has 14 heavy (non-hydrogen) atoms. The fourth-order valence-electron chi connectivity index (χ4n) is 1.26. The van der Waals surface area contributed by atoms with Gasteiger partial charge in [0.1, 0.15) is 12.4 Å². The van der Waals surface area contributed by atoms with Gasteiger partial charge in [-0.05, 0) is 18.6 Å². The van der Waals surface area contributed by atoms with E-state index in [1.54, 1.807) is 12.1 Å². The Labute approximate surface area is 84.0 Å². The van der Waals surface area contributed by atoms with Crippen LogP contribution in [0.4, 0.5) is 0 Å². The van der Waals surface area contributed by atoms with E-state index in [0.717, 1.165) is 6.42 Å². The fourth-order valence-corrected chi connectivity index (χ4v) is 1.26. The molecule has 0 radical (unpaired) electrons. The van der Waals surface area contributed by atoms with Crippen LogP contribution in [0, 0.1) is 0 Å². The normalized spacial score (nSPS) is 14.8. The van der Waals surface area contributed by atoms with E-state index in [-0.39, 0.29) is 0 Å². The van der Waals surface area contributed by atoms with Gasteiger partial charge in [0.25, 0.3) is 0 Å². The molecule has 0 aliphatic heterocycles. The van der Waals surface area contributed by atoms with E-state index >= 15 is 0 Å². The van der Waals surface area contributed by atoms with Crippen molar-refractivity contribution in [3.05, 3.63) is 30.3 Å². The van der Waals surface area contributed by atoms with Gasteiger partial charge < -0.3 is 14.9 Å². The monoisotopic (exact) mass is 196 g/mol. The SMILES string of the molecule is CCCC(O)(CO)Oc1ccccc1. The first-order chi connectivity index (χ1) is 6.70. The third-order valence-corrected chi connectivity index (χ3v) is 1.94. The van der Waals surface area contributed by atoms with Gasteiger partial charge >= 0.3 is 0 Å². The highest BCUT2D eigenvalue weighted by atomic mass is 16.6. The Morgan fingerprint density at radius 1 is 1.29 bits per heavy atom. The summed E-state index contributed by atoms with van der Waals surface area (Å²) in [4.78, 5) is 0. The van der Waals surface area contributed by atoms with E-state index in [1.807, 2.05) is 25.1 Å². The molecule has 0 aromatic heterocycles. The molecule has 78 valence electrons. The molecule has 1 unspecified atom stereocenters. The average Bonchev–Trinajstić information content (AvgIpc) is 2.20. The number of benzene rings is 1. The summed E-state index contributed by atoms with van der Waals surface area (Å²) in [6, 6.07) is 9.00. The molecule has 1 aromatic carbocycles. The molecular formula is C11H16O3. The van der Waals surface area contributed by atoms with Crippen molar-refractivity contribution in [3.8, 4) is 5.75 Å². The molecule has 1 aromatic rings. The van der Waals surface area contributed by atoms with Crippen LogP contribution < -0.4 is 4.74 Å². The van der Waals surface area contributed by atoms with Crippen LogP contribution in [0.1, 0.15) is 19.8 Å². The van der Waals surface area contributed by atoms with Crippen LogP contribution in [-0.4, -0.2) is 22.6 Å². The Hall–Kier alpha value is -1.06. The molecule has 0 saturated heterocycles. The minimum atomic E-state index is -1.45. The van der Waals surface area contributed by atoms with Gasteiger partial charge in [-0.2, -0.15) is 0 Å². The van der Waals surface area contributed by atoms with Gasteiger partial charge in [-0.3, -0.25) is 0 Å². The predicted molar refractivity (Wildman–Crippen MR) is 54.0 cm³/mol. The lowest BCUT2D eigenvalue weighted by atomic mass is 10.1. The highest BCUT2D eigenvalue weighted by Crippen LogP contribution is 2.19. The van der Waals surface area contributed by atoms with Gasteiger partial charge in [0, 0.05) is 6.42 Å². The van der Waals surface area contributed by atoms with E-state index < -0.39 is 12.4 Å². The number of hydrogen-bond donors (Lipinski definition) is 2. The zero-order chi connectivity index (χ0) is 10.4. The van der Waals surface area contributed by atoms with Gasteiger partial charge in [0.2, 0.25) is 5.79 Å². The van der Waals surface area contributed by atoms with E-state index in [9.17, 15) is 5.11 Å². The van der Waals surface area contributed by atoms with E-state index in [1.165, 1.54) is 0 Å². The summed E-state index contributed by atoms with van der Waals surface area (Å²) in [6.45, 7) is 1.53. The van der Waals surface area contributed by atoms with Crippen LogP contribution in [0.15, 0.2) is 30.3 Å². The first-order valence-electron chi connectivity index (χ1n) is 4.77. The largest absolute Gasteiger partial charge is 0.460 e. The summed E-state index contributed by atoms with van der Waals surface area (Å²) < 4.78 is 5.30. The molecule has 3 nitrogen and oxygen atoms in total. The van der Waals surface area contributed by atoms with E-state index in [4.69, 9.17) is 9.84 Å². The van der Waals surface area contributed by atoms with Crippen molar-refractivity contribution in [2.24, 2.45) is 0 Å². The molecule has 0 amide bonds. The fraction of sp³-hybridized carbons (Fsp3) is 0.455. The maximum atomic E-state index is 9.80. The van der Waals surface area contributed by atoms with Crippen LogP contribution in [0.3, 0.4) is 0 Å². The van der Waals surface area contributed by atoms with Crippen LogP contribution in [0.5, 0.6) is 5.75 Å². The van der Waals surface area contributed by atoms with Crippen molar-refractivity contribution >= 4 is 0 Å². The Kier molecular flexibility index (Phi) is 3.92. The zero-order valence-electron chi connectivity index (χ0n) is 8.31. The molecule has 2 N–H and O–H groups in total. The van der Waals surface area contributed by atoms with Gasteiger partial charge in [-0.25, -0.2) is 0 Å². The van der Waals surface area contributed by atoms with Gasteiger partial charge in [0.05, 0.1) is 0 Å². The van der Waals surface area contributed by atoms with Crippen molar-refractivity contribution in [2.45, 2.75) is 25.6 Å². The van der Waals surface area contributed by atoms with Crippen molar-refractivity contribution in [2.75, 3.05) is 6.61 Å². The number of aliphatic hydroxyl groups is 2. The zero-order valence-corrected chi connectivity index (χ0v) is 8.31. The second-order valence-corrected chi connectivity index (χ2v) is 3.27. The molecule has 1 rings (SSSR count). The molecular weight excluding hydrogens is 180 g/mol. The molecule has 3 heteroatoms. The third kappa shape index (κ3) is 3.01. The van der Waals surface area contributed by atoms with Gasteiger partial charge in [0.15, 0.2) is 0 Å². The van der Waals surface area contributed by atoms with Crippen molar-refractivity contribution in [1.82, 2.24) is 0 Å². The van der Waals surface area contributed by atoms with Crippen molar-refractivity contribution in [1.29, 1.82) is 0 Å².